The van der Waals surface area contributed by atoms with E-state index in [9.17, 15) is 9.59 Å². The second kappa shape index (κ2) is 5.62. The van der Waals surface area contributed by atoms with Crippen LogP contribution in [0.5, 0.6) is 0 Å². The molecule has 1 rings (SSSR count). The highest BCUT2D eigenvalue weighted by Crippen LogP contribution is 2.03. The highest BCUT2D eigenvalue weighted by atomic mass is 16.2. The standard InChI is InChI=1S/C10H18N2O2/c1-2-3-5-10(14)12-7-4-6-11-9(13)8-12/h2-8H2,1H3,(H,11,13). The molecule has 1 aliphatic rings. The molecule has 4 heteroatoms. The fraction of sp³-hybridized carbons (Fsp3) is 0.800. The summed E-state index contributed by atoms with van der Waals surface area (Å²) in [6, 6.07) is 0. The number of nitrogens with zero attached hydrogens (tertiary/aromatic N) is 1. The van der Waals surface area contributed by atoms with Crippen LogP contribution in [-0.4, -0.2) is 36.3 Å². The molecule has 1 N–H and O–H groups in total. The number of carbonyl (C=O) groups excluding carboxylic acids is 2. The Balaban J connectivity index is 2.40. The third-order valence-electron chi connectivity index (χ3n) is 2.36. The predicted molar refractivity (Wildman–Crippen MR) is 53.7 cm³/mol. The van der Waals surface area contributed by atoms with E-state index < -0.39 is 0 Å². The minimum absolute atomic E-state index is 0.0349. The highest BCUT2D eigenvalue weighted by molar-refractivity contribution is 5.85. The number of hydrogen-bond donors (Lipinski definition) is 1. The van der Waals surface area contributed by atoms with Crippen LogP contribution in [0, 0.1) is 0 Å². The minimum atomic E-state index is -0.0349. The van der Waals surface area contributed by atoms with E-state index in [2.05, 4.69) is 12.2 Å². The molecule has 4 nitrogen and oxygen atoms in total. The molecular formula is C10H18N2O2. The average Bonchev–Trinajstić information content (AvgIpc) is 2.39. The summed E-state index contributed by atoms with van der Waals surface area (Å²) in [4.78, 5) is 24.4. The summed E-state index contributed by atoms with van der Waals surface area (Å²) in [6.07, 6.45) is 3.37. The van der Waals surface area contributed by atoms with Crippen LogP contribution in [0.1, 0.15) is 32.6 Å². The first-order valence-electron chi connectivity index (χ1n) is 5.28. The summed E-state index contributed by atoms with van der Waals surface area (Å²) < 4.78 is 0. The maximum absolute atomic E-state index is 11.6. The number of rotatable bonds is 3. The molecule has 0 aliphatic carbocycles. The van der Waals surface area contributed by atoms with Gasteiger partial charge in [0.05, 0.1) is 6.54 Å². The molecule has 1 saturated heterocycles. The van der Waals surface area contributed by atoms with Gasteiger partial charge >= 0.3 is 0 Å². The number of unbranched alkanes of at least 4 members (excludes halogenated alkanes) is 1. The maximum Gasteiger partial charge on any atom is 0.239 e. The van der Waals surface area contributed by atoms with Crippen LogP contribution in [0.25, 0.3) is 0 Å². The van der Waals surface area contributed by atoms with Crippen molar-refractivity contribution in [2.75, 3.05) is 19.6 Å². The first-order valence-corrected chi connectivity index (χ1v) is 5.28. The van der Waals surface area contributed by atoms with Gasteiger partial charge in [0.1, 0.15) is 0 Å². The Morgan fingerprint density at radius 2 is 2.36 bits per heavy atom. The molecule has 1 aliphatic heterocycles. The van der Waals surface area contributed by atoms with Crippen molar-refractivity contribution in [3.63, 3.8) is 0 Å². The second-order valence-corrected chi connectivity index (χ2v) is 3.62. The summed E-state index contributed by atoms with van der Waals surface area (Å²) in [7, 11) is 0. The van der Waals surface area contributed by atoms with E-state index in [1.54, 1.807) is 4.90 Å². The van der Waals surface area contributed by atoms with Crippen LogP contribution < -0.4 is 5.32 Å². The van der Waals surface area contributed by atoms with E-state index in [0.717, 1.165) is 19.3 Å². The molecule has 1 heterocycles. The van der Waals surface area contributed by atoms with Crippen LogP contribution in [-0.2, 0) is 9.59 Å². The Kier molecular flexibility index (Phi) is 4.43. The molecule has 0 spiro atoms. The average molecular weight is 198 g/mol. The van der Waals surface area contributed by atoms with Gasteiger partial charge in [0.15, 0.2) is 0 Å². The zero-order chi connectivity index (χ0) is 10.4. The molecule has 0 bridgehead atoms. The zero-order valence-corrected chi connectivity index (χ0v) is 8.71. The van der Waals surface area contributed by atoms with E-state index >= 15 is 0 Å². The first-order chi connectivity index (χ1) is 6.74. The zero-order valence-electron chi connectivity index (χ0n) is 8.71. The van der Waals surface area contributed by atoms with E-state index in [1.165, 1.54) is 0 Å². The summed E-state index contributed by atoms with van der Waals surface area (Å²) in [5.74, 6) is 0.0799. The SMILES string of the molecule is CCCCC(=O)N1CCCNC(=O)C1. The fourth-order valence-corrected chi connectivity index (χ4v) is 1.51. The third-order valence-corrected chi connectivity index (χ3v) is 2.36. The van der Waals surface area contributed by atoms with Crippen LogP contribution in [0.15, 0.2) is 0 Å². The lowest BCUT2D eigenvalue weighted by molar-refractivity contribution is -0.135. The van der Waals surface area contributed by atoms with Crippen LogP contribution in [0.3, 0.4) is 0 Å². The van der Waals surface area contributed by atoms with Crippen LogP contribution in [0.4, 0.5) is 0 Å². The van der Waals surface area contributed by atoms with Gasteiger partial charge in [-0.2, -0.15) is 0 Å². The Morgan fingerprint density at radius 1 is 1.57 bits per heavy atom. The highest BCUT2D eigenvalue weighted by Gasteiger charge is 2.18. The van der Waals surface area contributed by atoms with Crippen molar-refractivity contribution in [3.05, 3.63) is 0 Å². The van der Waals surface area contributed by atoms with Gasteiger partial charge in [-0.3, -0.25) is 9.59 Å². The van der Waals surface area contributed by atoms with Crippen LogP contribution in [0.2, 0.25) is 0 Å². The second-order valence-electron chi connectivity index (χ2n) is 3.62. The maximum atomic E-state index is 11.6. The van der Waals surface area contributed by atoms with Crippen molar-refractivity contribution < 1.29 is 9.59 Å². The number of carbonyl (C=O) groups is 2. The quantitative estimate of drug-likeness (QED) is 0.719. The van der Waals surface area contributed by atoms with Crippen molar-refractivity contribution >= 4 is 11.8 Å². The van der Waals surface area contributed by atoms with Gasteiger partial charge in [-0.05, 0) is 12.8 Å². The van der Waals surface area contributed by atoms with Gasteiger partial charge < -0.3 is 10.2 Å². The van der Waals surface area contributed by atoms with Crippen molar-refractivity contribution in [3.8, 4) is 0 Å². The lowest BCUT2D eigenvalue weighted by Crippen LogP contribution is -2.37. The van der Waals surface area contributed by atoms with Gasteiger partial charge in [0.2, 0.25) is 11.8 Å². The van der Waals surface area contributed by atoms with E-state index in [4.69, 9.17) is 0 Å². The topological polar surface area (TPSA) is 49.4 Å². The van der Waals surface area contributed by atoms with Crippen molar-refractivity contribution in [2.45, 2.75) is 32.6 Å². The molecular weight excluding hydrogens is 180 g/mol. The summed E-state index contributed by atoms with van der Waals surface area (Å²) in [5, 5.41) is 2.75. The summed E-state index contributed by atoms with van der Waals surface area (Å²) in [5.41, 5.74) is 0. The normalized spacial score (nSPS) is 17.5. The Morgan fingerprint density at radius 3 is 3.07 bits per heavy atom. The van der Waals surface area contributed by atoms with Gasteiger partial charge in [0.25, 0.3) is 0 Å². The molecule has 80 valence electrons. The van der Waals surface area contributed by atoms with E-state index in [-0.39, 0.29) is 18.4 Å². The first kappa shape index (κ1) is 11.0. The lowest BCUT2D eigenvalue weighted by Gasteiger charge is -2.18. The Bertz CT molecular complexity index is 216. The molecule has 14 heavy (non-hydrogen) atoms. The van der Waals surface area contributed by atoms with Crippen molar-refractivity contribution in [1.29, 1.82) is 0 Å². The predicted octanol–water partition coefficient (Wildman–Crippen LogP) is 0.525. The number of amides is 2. The molecule has 0 aromatic heterocycles. The largest absolute Gasteiger partial charge is 0.354 e. The van der Waals surface area contributed by atoms with E-state index in [0.29, 0.717) is 19.5 Å². The lowest BCUT2D eigenvalue weighted by atomic mass is 10.2. The molecule has 0 radical (unpaired) electrons. The van der Waals surface area contributed by atoms with Crippen LogP contribution >= 0.6 is 0 Å². The van der Waals surface area contributed by atoms with Gasteiger partial charge in [0, 0.05) is 19.5 Å². The molecule has 0 unspecified atom stereocenters. The van der Waals surface area contributed by atoms with Gasteiger partial charge in [-0.1, -0.05) is 13.3 Å². The number of nitrogens with one attached hydrogen (secondary N) is 1. The molecule has 0 aromatic rings. The Labute approximate surface area is 84.7 Å². The minimum Gasteiger partial charge on any atom is -0.354 e. The summed E-state index contributed by atoms with van der Waals surface area (Å²) >= 11 is 0. The molecule has 0 aromatic carbocycles. The third kappa shape index (κ3) is 3.36. The Hall–Kier alpha value is -1.06. The van der Waals surface area contributed by atoms with Crippen molar-refractivity contribution in [2.24, 2.45) is 0 Å². The molecule has 2 amide bonds. The monoisotopic (exact) mass is 198 g/mol. The molecule has 1 fully saturated rings. The van der Waals surface area contributed by atoms with Gasteiger partial charge in [-0.25, -0.2) is 0 Å². The van der Waals surface area contributed by atoms with E-state index in [1.807, 2.05) is 0 Å². The molecule has 0 atom stereocenters. The molecule has 0 saturated carbocycles. The van der Waals surface area contributed by atoms with Crippen molar-refractivity contribution in [1.82, 2.24) is 10.2 Å². The fourth-order valence-electron chi connectivity index (χ4n) is 1.51. The van der Waals surface area contributed by atoms with Gasteiger partial charge in [-0.15, -0.1) is 0 Å². The summed E-state index contributed by atoms with van der Waals surface area (Å²) in [6.45, 7) is 3.70. The number of hydrogen-bond acceptors (Lipinski definition) is 2. The smallest absolute Gasteiger partial charge is 0.239 e.